The number of fused-ring (bicyclic) bond motifs is 1. The largest absolute Gasteiger partial charge is 0.321 e. The smallest absolute Gasteiger partial charge is 0.232 e. The van der Waals surface area contributed by atoms with Gasteiger partial charge in [-0.1, -0.05) is 6.07 Å². The summed E-state index contributed by atoms with van der Waals surface area (Å²) in [6.45, 7) is 1.93. The minimum Gasteiger partial charge on any atom is -0.321 e. The van der Waals surface area contributed by atoms with Crippen LogP contribution in [0.25, 0.3) is 17.0 Å². The maximum Gasteiger partial charge on any atom is 0.232 e. The zero-order valence-electron chi connectivity index (χ0n) is 15.4. The van der Waals surface area contributed by atoms with E-state index in [2.05, 4.69) is 30.8 Å². The van der Waals surface area contributed by atoms with Crippen molar-refractivity contribution in [3.05, 3.63) is 54.5 Å². The first-order valence-electron chi connectivity index (χ1n) is 9.37. The zero-order valence-corrected chi connectivity index (χ0v) is 15.4. The Hall–Kier alpha value is -3.40. The van der Waals surface area contributed by atoms with Gasteiger partial charge < -0.3 is 10.6 Å². The second-order valence-electron chi connectivity index (χ2n) is 6.88. The molecule has 148 valence electrons. The molecule has 0 atom stereocenters. The fourth-order valence-corrected chi connectivity index (χ4v) is 3.53. The van der Waals surface area contributed by atoms with Crippen molar-refractivity contribution in [2.24, 2.45) is 0 Å². The number of nitrogens with one attached hydrogen (secondary N) is 2. The molecule has 10 heteroatoms. The Bertz CT molecular complexity index is 1140. The van der Waals surface area contributed by atoms with Gasteiger partial charge in [-0.2, -0.15) is 19.7 Å². The normalized spacial score (nSPS) is 15.1. The summed E-state index contributed by atoms with van der Waals surface area (Å²) in [5.74, 6) is -1.21. The number of piperidine rings is 1. The number of rotatable bonds is 4. The maximum atomic E-state index is 14.2. The monoisotopic (exact) mass is 396 g/mol. The molecule has 1 saturated heterocycles. The fraction of sp³-hybridized carbons (Fsp3) is 0.263. The van der Waals surface area contributed by atoms with Gasteiger partial charge in [0.05, 0.1) is 29.7 Å². The van der Waals surface area contributed by atoms with Crippen LogP contribution in [0.15, 0.2) is 42.9 Å². The number of nitrogens with zero attached hydrogens (tertiary/aromatic N) is 6. The molecule has 4 heterocycles. The predicted molar refractivity (Wildman–Crippen MR) is 103 cm³/mol. The molecule has 0 saturated carbocycles. The molecule has 5 rings (SSSR count). The highest BCUT2D eigenvalue weighted by Gasteiger charge is 2.19. The topological polar surface area (TPSA) is 85.0 Å². The van der Waals surface area contributed by atoms with E-state index in [0.29, 0.717) is 23.3 Å². The second-order valence-corrected chi connectivity index (χ2v) is 6.88. The third-order valence-corrected chi connectivity index (χ3v) is 4.98. The molecule has 1 aliphatic heterocycles. The summed E-state index contributed by atoms with van der Waals surface area (Å²) in [5, 5.41) is 15.1. The molecule has 1 aromatic carbocycles. The lowest BCUT2D eigenvalue weighted by atomic mass is 10.1. The Morgan fingerprint density at radius 1 is 1.03 bits per heavy atom. The van der Waals surface area contributed by atoms with Crippen LogP contribution in [0, 0.1) is 11.6 Å². The van der Waals surface area contributed by atoms with Crippen molar-refractivity contribution in [2.45, 2.75) is 18.9 Å². The van der Waals surface area contributed by atoms with Crippen LogP contribution in [-0.4, -0.2) is 42.5 Å². The van der Waals surface area contributed by atoms with Gasteiger partial charge in [0, 0.05) is 12.3 Å². The van der Waals surface area contributed by atoms with E-state index in [1.54, 1.807) is 18.5 Å². The average molecular weight is 396 g/mol. The first-order valence-corrected chi connectivity index (χ1v) is 9.37. The SMILES string of the molecule is Fc1cccc(F)c1-c1nc(Nc2cnn(C3CCNCC3)c2)n2nccc2n1. The zero-order chi connectivity index (χ0) is 19.8. The minimum absolute atomic E-state index is 0.0538. The third kappa shape index (κ3) is 3.31. The summed E-state index contributed by atoms with van der Waals surface area (Å²) in [4.78, 5) is 8.58. The van der Waals surface area contributed by atoms with E-state index in [1.165, 1.54) is 22.7 Å². The Labute approximate surface area is 164 Å². The molecule has 29 heavy (non-hydrogen) atoms. The van der Waals surface area contributed by atoms with Gasteiger partial charge in [0.1, 0.15) is 11.6 Å². The number of benzene rings is 1. The second kappa shape index (κ2) is 7.21. The van der Waals surface area contributed by atoms with Crippen LogP contribution in [0.3, 0.4) is 0 Å². The molecule has 0 amide bonds. The number of aromatic nitrogens is 6. The van der Waals surface area contributed by atoms with E-state index in [-0.39, 0.29) is 11.4 Å². The van der Waals surface area contributed by atoms with Crippen molar-refractivity contribution in [1.82, 2.24) is 34.7 Å². The van der Waals surface area contributed by atoms with Gasteiger partial charge in [0.25, 0.3) is 0 Å². The van der Waals surface area contributed by atoms with E-state index in [4.69, 9.17) is 0 Å². The van der Waals surface area contributed by atoms with Gasteiger partial charge in [-0.05, 0) is 38.1 Å². The Balaban J connectivity index is 1.52. The van der Waals surface area contributed by atoms with Crippen molar-refractivity contribution in [1.29, 1.82) is 0 Å². The summed E-state index contributed by atoms with van der Waals surface area (Å²) in [7, 11) is 0. The Morgan fingerprint density at radius 2 is 1.83 bits per heavy atom. The molecule has 8 nitrogen and oxygen atoms in total. The number of hydrogen-bond donors (Lipinski definition) is 2. The minimum atomic E-state index is -0.724. The lowest BCUT2D eigenvalue weighted by molar-refractivity contribution is 0.343. The molecule has 0 spiro atoms. The highest BCUT2D eigenvalue weighted by atomic mass is 19.1. The summed E-state index contributed by atoms with van der Waals surface area (Å²) in [6.07, 6.45) is 7.16. The van der Waals surface area contributed by atoms with Crippen molar-refractivity contribution in [3.63, 3.8) is 0 Å². The quantitative estimate of drug-likeness (QED) is 0.552. The van der Waals surface area contributed by atoms with Crippen molar-refractivity contribution < 1.29 is 8.78 Å². The molecule has 3 aromatic heterocycles. The van der Waals surface area contributed by atoms with Crippen molar-refractivity contribution >= 4 is 17.3 Å². The third-order valence-electron chi connectivity index (χ3n) is 4.98. The lowest BCUT2D eigenvalue weighted by Gasteiger charge is -2.22. The highest BCUT2D eigenvalue weighted by molar-refractivity contribution is 5.63. The summed E-state index contributed by atoms with van der Waals surface area (Å²) in [5.41, 5.74) is 0.856. The lowest BCUT2D eigenvalue weighted by Crippen LogP contribution is -2.29. The molecule has 0 radical (unpaired) electrons. The highest BCUT2D eigenvalue weighted by Crippen LogP contribution is 2.26. The summed E-state index contributed by atoms with van der Waals surface area (Å²) in [6, 6.07) is 5.65. The first-order chi connectivity index (χ1) is 14.2. The molecular weight excluding hydrogens is 378 g/mol. The van der Waals surface area contributed by atoms with Crippen LogP contribution >= 0.6 is 0 Å². The van der Waals surface area contributed by atoms with Crippen LogP contribution in [0.4, 0.5) is 20.4 Å². The maximum absolute atomic E-state index is 14.2. The van der Waals surface area contributed by atoms with Gasteiger partial charge in [-0.3, -0.25) is 4.68 Å². The number of halogens is 2. The van der Waals surface area contributed by atoms with Gasteiger partial charge in [-0.15, -0.1) is 0 Å². The van der Waals surface area contributed by atoms with Crippen LogP contribution in [0.2, 0.25) is 0 Å². The molecule has 0 bridgehead atoms. The van der Waals surface area contributed by atoms with E-state index >= 15 is 0 Å². The van der Waals surface area contributed by atoms with E-state index in [1.807, 2.05) is 10.9 Å². The van der Waals surface area contributed by atoms with Gasteiger partial charge in [0.15, 0.2) is 11.5 Å². The summed E-state index contributed by atoms with van der Waals surface area (Å²) < 4.78 is 31.9. The molecule has 2 N–H and O–H groups in total. The predicted octanol–water partition coefficient (Wildman–Crippen LogP) is 2.93. The molecule has 1 aliphatic rings. The van der Waals surface area contributed by atoms with E-state index in [9.17, 15) is 8.78 Å². The van der Waals surface area contributed by atoms with Gasteiger partial charge >= 0.3 is 0 Å². The number of hydrogen-bond acceptors (Lipinski definition) is 6. The Morgan fingerprint density at radius 3 is 2.62 bits per heavy atom. The number of anilines is 2. The van der Waals surface area contributed by atoms with Crippen LogP contribution in [-0.2, 0) is 0 Å². The standard InChI is InChI=1S/C19H18F2N8/c20-14-2-1-3-15(21)17(14)18-26-16-6-9-23-29(16)19(27-18)25-12-10-24-28(11-12)13-4-7-22-8-5-13/h1-3,6,9-11,13,22H,4-5,7-8H2,(H,25,26,27). The molecule has 0 aliphatic carbocycles. The fourth-order valence-electron chi connectivity index (χ4n) is 3.53. The van der Waals surface area contributed by atoms with Crippen LogP contribution in [0.1, 0.15) is 18.9 Å². The molecular formula is C19H18F2N8. The van der Waals surface area contributed by atoms with Crippen molar-refractivity contribution in [3.8, 4) is 11.4 Å². The van der Waals surface area contributed by atoms with E-state index in [0.717, 1.165) is 25.9 Å². The van der Waals surface area contributed by atoms with E-state index < -0.39 is 11.6 Å². The molecule has 0 unspecified atom stereocenters. The van der Waals surface area contributed by atoms with Crippen LogP contribution < -0.4 is 10.6 Å². The van der Waals surface area contributed by atoms with Crippen LogP contribution in [0.5, 0.6) is 0 Å². The molecule has 1 fully saturated rings. The first kappa shape index (κ1) is 17.7. The average Bonchev–Trinajstić information content (AvgIpc) is 3.38. The van der Waals surface area contributed by atoms with Crippen molar-refractivity contribution in [2.75, 3.05) is 18.4 Å². The van der Waals surface area contributed by atoms with Gasteiger partial charge in [-0.25, -0.2) is 13.8 Å². The summed E-state index contributed by atoms with van der Waals surface area (Å²) >= 11 is 0. The Kier molecular flexibility index (Phi) is 4.39. The van der Waals surface area contributed by atoms with Gasteiger partial charge in [0.2, 0.25) is 5.95 Å². The molecule has 4 aromatic rings.